The quantitative estimate of drug-likeness (QED) is 0.776. The van der Waals surface area contributed by atoms with E-state index >= 15 is 0 Å². The Balaban J connectivity index is 1.39. The molecule has 0 bridgehead atoms. The van der Waals surface area contributed by atoms with Gasteiger partial charge in [-0.15, -0.1) is 0 Å². The molecular weight excluding hydrogens is 392 g/mol. The zero-order valence-corrected chi connectivity index (χ0v) is 17.7. The fraction of sp³-hybridized carbons (Fsp3) is 0.579. The molecule has 2 saturated heterocycles. The average Bonchev–Trinajstić information content (AvgIpc) is 2.68. The topological polar surface area (TPSA) is 105 Å². The van der Waals surface area contributed by atoms with Crippen molar-refractivity contribution >= 4 is 26.9 Å². The van der Waals surface area contributed by atoms with Crippen molar-refractivity contribution in [3.05, 3.63) is 30.1 Å². The fourth-order valence-corrected chi connectivity index (χ4v) is 5.77. The standard InChI is InChI=1S/C19H28N6O3S/c1-14-11-25(12-15(2)28-14)29(26,27)24-9-7-23(8-10-24)13-18-21-17-6-4-3-5-16(17)19(20)22-18/h3-6,14-15H,7-13H2,1-2H3,(H2,20,21,22)/t14-,15+. The number of aromatic nitrogens is 2. The van der Waals surface area contributed by atoms with Gasteiger partial charge in [-0.1, -0.05) is 12.1 Å². The second-order valence-electron chi connectivity index (χ2n) is 7.80. The van der Waals surface area contributed by atoms with Gasteiger partial charge >= 0.3 is 0 Å². The molecule has 1 aromatic carbocycles. The maximum absolute atomic E-state index is 13.0. The Hall–Kier alpha value is -1.85. The van der Waals surface area contributed by atoms with Crippen LogP contribution in [0.15, 0.2) is 24.3 Å². The second-order valence-corrected chi connectivity index (χ2v) is 9.73. The van der Waals surface area contributed by atoms with Gasteiger partial charge in [-0.3, -0.25) is 4.90 Å². The van der Waals surface area contributed by atoms with E-state index in [1.165, 1.54) is 0 Å². The van der Waals surface area contributed by atoms with Crippen molar-refractivity contribution in [2.24, 2.45) is 0 Å². The molecular formula is C19H28N6O3S. The Morgan fingerprint density at radius 1 is 1.03 bits per heavy atom. The zero-order valence-electron chi connectivity index (χ0n) is 16.9. The monoisotopic (exact) mass is 420 g/mol. The Labute approximate surface area is 171 Å². The van der Waals surface area contributed by atoms with Gasteiger partial charge in [0.25, 0.3) is 10.2 Å². The molecule has 3 heterocycles. The normalized spacial score (nSPS) is 25.4. The lowest BCUT2D eigenvalue weighted by molar-refractivity contribution is -0.0457. The lowest BCUT2D eigenvalue weighted by Crippen LogP contribution is -2.57. The molecule has 2 aliphatic heterocycles. The van der Waals surface area contributed by atoms with Crippen LogP contribution in [0.5, 0.6) is 0 Å². The van der Waals surface area contributed by atoms with E-state index in [9.17, 15) is 8.42 Å². The van der Waals surface area contributed by atoms with Crippen LogP contribution in [0.2, 0.25) is 0 Å². The van der Waals surface area contributed by atoms with E-state index in [-0.39, 0.29) is 12.2 Å². The first-order chi connectivity index (χ1) is 13.8. The zero-order chi connectivity index (χ0) is 20.6. The number of nitrogen functional groups attached to an aromatic ring is 1. The second kappa shape index (κ2) is 8.11. The summed E-state index contributed by atoms with van der Waals surface area (Å²) in [4.78, 5) is 11.2. The number of nitrogens with two attached hydrogens (primary N) is 1. The van der Waals surface area contributed by atoms with Gasteiger partial charge in [0, 0.05) is 44.7 Å². The van der Waals surface area contributed by atoms with Crippen LogP contribution in [0.25, 0.3) is 10.9 Å². The molecule has 0 unspecified atom stereocenters. The number of fused-ring (bicyclic) bond motifs is 1. The van der Waals surface area contributed by atoms with Gasteiger partial charge in [0.1, 0.15) is 11.6 Å². The minimum atomic E-state index is -3.47. The number of nitrogens with zero attached hydrogens (tertiary/aromatic N) is 5. The van der Waals surface area contributed by atoms with E-state index in [1.54, 1.807) is 8.61 Å². The molecule has 2 fully saturated rings. The van der Waals surface area contributed by atoms with Crippen LogP contribution < -0.4 is 5.73 Å². The van der Waals surface area contributed by atoms with Crippen molar-refractivity contribution in [2.75, 3.05) is 45.0 Å². The number of piperazine rings is 1. The first kappa shape index (κ1) is 20.4. The lowest BCUT2D eigenvalue weighted by atomic mass is 10.2. The minimum absolute atomic E-state index is 0.0923. The van der Waals surface area contributed by atoms with Crippen molar-refractivity contribution in [2.45, 2.75) is 32.6 Å². The molecule has 10 heteroatoms. The molecule has 2 N–H and O–H groups in total. The molecule has 2 aliphatic rings. The Kier molecular flexibility index (Phi) is 5.71. The molecule has 0 spiro atoms. The summed E-state index contributed by atoms with van der Waals surface area (Å²) in [6, 6.07) is 7.67. The molecule has 9 nitrogen and oxygen atoms in total. The molecule has 4 rings (SSSR count). The van der Waals surface area contributed by atoms with Crippen molar-refractivity contribution in [3.8, 4) is 0 Å². The van der Waals surface area contributed by atoms with E-state index < -0.39 is 10.2 Å². The predicted molar refractivity (Wildman–Crippen MR) is 111 cm³/mol. The molecule has 0 amide bonds. The van der Waals surface area contributed by atoms with Crippen LogP contribution >= 0.6 is 0 Å². The van der Waals surface area contributed by atoms with Crippen molar-refractivity contribution in [1.82, 2.24) is 23.5 Å². The number of rotatable bonds is 4. The van der Waals surface area contributed by atoms with E-state index in [0.717, 1.165) is 10.9 Å². The summed E-state index contributed by atoms with van der Waals surface area (Å²) >= 11 is 0. The van der Waals surface area contributed by atoms with Crippen LogP contribution in [0.3, 0.4) is 0 Å². The first-order valence-electron chi connectivity index (χ1n) is 9.97. The van der Waals surface area contributed by atoms with Crippen molar-refractivity contribution < 1.29 is 13.2 Å². The number of ether oxygens (including phenoxy) is 1. The smallest absolute Gasteiger partial charge is 0.282 e. The highest BCUT2D eigenvalue weighted by Gasteiger charge is 2.36. The summed E-state index contributed by atoms with van der Waals surface area (Å²) in [6.45, 7) is 7.33. The summed E-state index contributed by atoms with van der Waals surface area (Å²) in [5.41, 5.74) is 6.90. The third-order valence-electron chi connectivity index (χ3n) is 5.41. The number of morpholine rings is 1. The number of anilines is 1. The van der Waals surface area contributed by atoms with Crippen LogP contribution in [0.1, 0.15) is 19.7 Å². The maximum atomic E-state index is 13.0. The van der Waals surface area contributed by atoms with Gasteiger partial charge in [0.2, 0.25) is 0 Å². The van der Waals surface area contributed by atoms with Crippen molar-refractivity contribution in [3.63, 3.8) is 0 Å². The highest BCUT2D eigenvalue weighted by molar-refractivity contribution is 7.86. The summed E-state index contributed by atoms with van der Waals surface area (Å²) in [6.07, 6.45) is -0.185. The summed E-state index contributed by atoms with van der Waals surface area (Å²) in [5.74, 6) is 1.13. The van der Waals surface area contributed by atoms with Gasteiger partial charge in [0.05, 0.1) is 24.3 Å². The number of benzene rings is 1. The third kappa shape index (κ3) is 4.36. The van der Waals surface area contributed by atoms with Crippen LogP contribution in [0, 0.1) is 0 Å². The largest absolute Gasteiger partial charge is 0.383 e. The minimum Gasteiger partial charge on any atom is -0.383 e. The molecule has 0 radical (unpaired) electrons. The lowest BCUT2D eigenvalue weighted by Gasteiger charge is -2.40. The van der Waals surface area contributed by atoms with Gasteiger partial charge in [-0.2, -0.15) is 17.0 Å². The fourth-order valence-electron chi connectivity index (χ4n) is 4.02. The van der Waals surface area contributed by atoms with Crippen molar-refractivity contribution in [1.29, 1.82) is 0 Å². The van der Waals surface area contributed by atoms with Crippen LogP contribution in [0.4, 0.5) is 5.82 Å². The summed E-state index contributed by atoms with van der Waals surface area (Å²) < 4.78 is 34.8. The highest BCUT2D eigenvalue weighted by atomic mass is 32.2. The predicted octanol–water partition coefficient (Wildman–Crippen LogP) is 0.684. The summed E-state index contributed by atoms with van der Waals surface area (Å²) in [5, 5.41) is 0.848. The third-order valence-corrected chi connectivity index (χ3v) is 7.38. The highest BCUT2D eigenvalue weighted by Crippen LogP contribution is 2.21. The van der Waals surface area contributed by atoms with E-state index in [2.05, 4.69) is 14.9 Å². The maximum Gasteiger partial charge on any atom is 0.282 e. The molecule has 29 heavy (non-hydrogen) atoms. The van der Waals surface area contributed by atoms with Gasteiger partial charge in [-0.25, -0.2) is 9.97 Å². The Morgan fingerprint density at radius 2 is 1.69 bits per heavy atom. The Bertz CT molecular complexity index is 967. The number of hydrogen-bond donors (Lipinski definition) is 1. The summed E-state index contributed by atoms with van der Waals surface area (Å²) in [7, 11) is -3.47. The molecule has 0 saturated carbocycles. The van der Waals surface area contributed by atoms with Gasteiger partial charge < -0.3 is 10.5 Å². The molecule has 2 atom stereocenters. The molecule has 0 aliphatic carbocycles. The van der Waals surface area contributed by atoms with Crippen LogP contribution in [-0.4, -0.2) is 83.4 Å². The molecule has 1 aromatic heterocycles. The number of para-hydroxylation sites is 1. The number of hydrogen-bond acceptors (Lipinski definition) is 7. The average molecular weight is 421 g/mol. The van der Waals surface area contributed by atoms with Crippen LogP contribution in [-0.2, 0) is 21.5 Å². The van der Waals surface area contributed by atoms with E-state index in [1.807, 2.05) is 38.1 Å². The SMILES string of the molecule is C[C@@H]1CN(S(=O)(=O)N2CCN(Cc3nc(N)c4ccccc4n3)CC2)C[C@H](C)O1. The van der Waals surface area contributed by atoms with Gasteiger partial charge in [0.15, 0.2) is 0 Å². The first-order valence-corrected chi connectivity index (χ1v) is 11.4. The van der Waals surface area contributed by atoms with Gasteiger partial charge in [-0.05, 0) is 26.0 Å². The Morgan fingerprint density at radius 3 is 2.38 bits per heavy atom. The molecule has 2 aromatic rings. The van der Waals surface area contributed by atoms with E-state index in [4.69, 9.17) is 10.5 Å². The molecule has 158 valence electrons. The van der Waals surface area contributed by atoms with E-state index in [0.29, 0.717) is 57.5 Å².